The zero-order chi connectivity index (χ0) is 11.7. The number of halogens is 2. The first-order chi connectivity index (χ1) is 8.36. The predicted octanol–water partition coefficient (Wildman–Crippen LogP) is 2.31. The minimum Gasteiger partial charge on any atom is -0.397 e. The van der Waals surface area contributed by atoms with Gasteiger partial charge in [-0.3, -0.25) is 0 Å². The first-order valence-corrected chi connectivity index (χ1v) is 6.34. The van der Waals surface area contributed by atoms with Gasteiger partial charge in [0.25, 0.3) is 0 Å². The van der Waals surface area contributed by atoms with Crippen molar-refractivity contribution in [1.82, 2.24) is 0 Å². The lowest BCUT2D eigenvalue weighted by Gasteiger charge is -2.33. The van der Waals surface area contributed by atoms with Crippen LogP contribution >= 0.6 is 24.8 Å². The number of ether oxygens (including phenoxy) is 1. The molecule has 6 heteroatoms. The minimum atomic E-state index is 0. The molecule has 0 amide bonds. The number of hydrogen-bond acceptors (Lipinski definition) is 4. The Morgan fingerprint density at radius 2 is 1.89 bits per heavy atom. The Morgan fingerprint density at radius 3 is 2.63 bits per heavy atom. The lowest BCUT2D eigenvalue weighted by molar-refractivity contribution is 0.123. The van der Waals surface area contributed by atoms with E-state index in [1.807, 2.05) is 6.07 Å². The molecule has 0 bridgehead atoms. The van der Waals surface area contributed by atoms with Crippen molar-refractivity contribution in [2.75, 3.05) is 48.8 Å². The first kappa shape index (κ1) is 16.2. The van der Waals surface area contributed by atoms with Crippen molar-refractivity contribution in [1.29, 1.82) is 0 Å². The molecule has 3 N–H and O–H groups in total. The number of anilines is 3. The summed E-state index contributed by atoms with van der Waals surface area (Å²) >= 11 is 0. The molecule has 0 aromatic heterocycles. The van der Waals surface area contributed by atoms with Crippen LogP contribution in [0.2, 0.25) is 0 Å². The summed E-state index contributed by atoms with van der Waals surface area (Å²) in [4.78, 5) is 2.34. The number of hydrogen-bond donors (Lipinski definition) is 2. The quantitative estimate of drug-likeness (QED) is 0.782. The van der Waals surface area contributed by atoms with Crippen LogP contribution in [-0.2, 0) is 11.2 Å². The topological polar surface area (TPSA) is 50.5 Å². The molecule has 0 saturated carbocycles. The molecule has 0 radical (unpaired) electrons. The first-order valence-electron chi connectivity index (χ1n) is 6.34. The molecule has 0 aliphatic carbocycles. The molecule has 3 rings (SSSR count). The van der Waals surface area contributed by atoms with Crippen LogP contribution in [0.15, 0.2) is 12.1 Å². The molecular formula is C13H21Cl2N3O. The maximum Gasteiger partial charge on any atom is 0.0839 e. The van der Waals surface area contributed by atoms with Crippen molar-refractivity contribution < 1.29 is 4.74 Å². The van der Waals surface area contributed by atoms with E-state index in [-0.39, 0.29) is 24.8 Å². The number of rotatable bonds is 1. The van der Waals surface area contributed by atoms with Crippen LogP contribution in [-0.4, -0.2) is 32.8 Å². The molecule has 108 valence electrons. The summed E-state index contributed by atoms with van der Waals surface area (Å²) in [5, 5.41) is 3.51. The van der Waals surface area contributed by atoms with Gasteiger partial charge in [0, 0.05) is 19.6 Å². The van der Waals surface area contributed by atoms with Crippen LogP contribution in [0.25, 0.3) is 0 Å². The summed E-state index contributed by atoms with van der Waals surface area (Å²) in [5.74, 6) is 0. The fraction of sp³-hybridized carbons (Fsp3) is 0.538. The maximum absolute atomic E-state index is 6.15. The van der Waals surface area contributed by atoms with Crippen LogP contribution in [0, 0.1) is 0 Å². The highest BCUT2D eigenvalue weighted by molar-refractivity contribution is 5.86. The van der Waals surface area contributed by atoms with Crippen molar-refractivity contribution in [3.8, 4) is 0 Å². The second-order valence-corrected chi connectivity index (χ2v) is 4.67. The molecule has 2 heterocycles. The van der Waals surface area contributed by atoms with E-state index < -0.39 is 0 Å². The van der Waals surface area contributed by atoms with E-state index in [9.17, 15) is 0 Å². The highest BCUT2D eigenvalue weighted by atomic mass is 35.5. The zero-order valence-corrected chi connectivity index (χ0v) is 12.5. The largest absolute Gasteiger partial charge is 0.397 e. The van der Waals surface area contributed by atoms with Gasteiger partial charge in [0.2, 0.25) is 0 Å². The molecule has 1 aromatic carbocycles. The van der Waals surface area contributed by atoms with Gasteiger partial charge in [0.15, 0.2) is 0 Å². The van der Waals surface area contributed by atoms with Crippen molar-refractivity contribution in [2.24, 2.45) is 0 Å². The maximum atomic E-state index is 6.15. The van der Waals surface area contributed by atoms with Crippen molar-refractivity contribution in [3.63, 3.8) is 0 Å². The summed E-state index contributed by atoms with van der Waals surface area (Å²) in [5.41, 5.74) is 10.9. The van der Waals surface area contributed by atoms with E-state index >= 15 is 0 Å². The Labute approximate surface area is 126 Å². The molecule has 0 spiro atoms. The predicted molar refractivity (Wildman–Crippen MR) is 85.2 cm³/mol. The van der Waals surface area contributed by atoms with Crippen LogP contribution in [0.3, 0.4) is 0 Å². The number of nitrogen functional groups attached to an aromatic ring is 1. The average Bonchev–Trinajstić information content (AvgIpc) is 2.39. The molecular weight excluding hydrogens is 285 g/mol. The molecule has 2 aliphatic heterocycles. The van der Waals surface area contributed by atoms with E-state index in [1.54, 1.807) is 0 Å². The number of nitrogens with zero attached hydrogens (tertiary/aromatic N) is 1. The normalized spacial score (nSPS) is 17.6. The summed E-state index contributed by atoms with van der Waals surface area (Å²) in [7, 11) is 0. The van der Waals surface area contributed by atoms with Gasteiger partial charge in [0.1, 0.15) is 0 Å². The molecule has 1 saturated heterocycles. The van der Waals surface area contributed by atoms with Gasteiger partial charge in [-0.2, -0.15) is 0 Å². The number of fused-ring (bicyclic) bond motifs is 1. The standard InChI is InChI=1S/C13H19N3O.2ClH/c14-11-4-3-10-2-1-5-15-12(10)13(11)16-6-8-17-9-7-16;;/h3-4,15H,1-2,5-9,14H2;2*1H. The van der Waals surface area contributed by atoms with E-state index in [0.717, 1.165) is 45.0 Å². The smallest absolute Gasteiger partial charge is 0.0839 e. The second kappa shape index (κ2) is 7.08. The number of morpholine rings is 1. The Hall–Kier alpha value is -0.840. The average molecular weight is 306 g/mol. The molecule has 19 heavy (non-hydrogen) atoms. The number of benzene rings is 1. The summed E-state index contributed by atoms with van der Waals surface area (Å²) in [6.45, 7) is 4.50. The highest BCUT2D eigenvalue weighted by Gasteiger charge is 2.21. The van der Waals surface area contributed by atoms with Gasteiger partial charge in [-0.1, -0.05) is 6.07 Å². The molecule has 4 nitrogen and oxygen atoms in total. The van der Waals surface area contributed by atoms with Crippen molar-refractivity contribution in [3.05, 3.63) is 17.7 Å². The fourth-order valence-electron chi connectivity index (χ4n) is 2.67. The number of nitrogens with two attached hydrogens (primary N) is 1. The molecule has 0 unspecified atom stereocenters. The van der Waals surface area contributed by atoms with Gasteiger partial charge < -0.3 is 20.7 Å². The highest BCUT2D eigenvalue weighted by Crippen LogP contribution is 2.38. The lowest BCUT2D eigenvalue weighted by atomic mass is 10.0. The number of aryl methyl sites for hydroxylation is 1. The number of nitrogens with one attached hydrogen (secondary N) is 1. The van der Waals surface area contributed by atoms with E-state index in [2.05, 4.69) is 16.3 Å². The van der Waals surface area contributed by atoms with E-state index in [4.69, 9.17) is 10.5 Å². The van der Waals surface area contributed by atoms with Gasteiger partial charge in [-0.15, -0.1) is 24.8 Å². The molecule has 1 fully saturated rings. The van der Waals surface area contributed by atoms with Crippen molar-refractivity contribution >= 4 is 41.9 Å². The molecule has 1 aromatic rings. The zero-order valence-electron chi connectivity index (χ0n) is 10.9. The van der Waals surface area contributed by atoms with Gasteiger partial charge in [-0.05, 0) is 24.5 Å². The Morgan fingerprint density at radius 1 is 1.16 bits per heavy atom. The Balaban J connectivity index is 0.000000902. The summed E-state index contributed by atoms with van der Waals surface area (Å²) < 4.78 is 5.40. The molecule has 2 aliphatic rings. The van der Waals surface area contributed by atoms with Crippen LogP contribution in [0.1, 0.15) is 12.0 Å². The summed E-state index contributed by atoms with van der Waals surface area (Å²) in [6.07, 6.45) is 2.36. The Kier molecular flexibility index (Phi) is 6.04. The van der Waals surface area contributed by atoms with Crippen molar-refractivity contribution in [2.45, 2.75) is 12.8 Å². The van der Waals surface area contributed by atoms with Crippen LogP contribution in [0.5, 0.6) is 0 Å². The van der Waals surface area contributed by atoms with Gasteiger partial charge >= 0.3 is 0 Å². The van der Waals surface area contributed by atoms with E-state index in [0.29, 0.717) is 0 Å². The molecule has 0 atom stereocenters. The monoisotopic (exact) mass is 305 g/mol. The van der Waals surface area contributed by atoms with Gasteiger partial charge in [0.05, 0.1) is 30.3 Å². The van der Waals surface area contributed by atoms with E-state index in [1.165, 1.54) is 23.4 Å². The second-order valence-electron chi connectivity index (χ2n) is 4.67. The third-order valence-corrected chi connectivity index (χ3v) is 3.55. The fourth-order valence-corrected chi connectivity index (χ4v) is 2.67. The minimum absolute atomic E-state index is 0. The van der Waals surface area contributed by atoms with Gasteiger partial charge in [-0.25, -0.2) is 0 Å². The third-order valence-electron chi connectivity index (χ3n) is 3.55. The summed E-state index contributed by atoms with van der Waals surface area (Å²) in [6, 6.07) is 4.19. The third kappa shape index (κ3) is 3.19. The van der Waals surface area contributed by atoms with Crippen LogP contribution in [0.4, 0.5) is 17.1 Å². The SMILES string of the molecule is Cl.Cl.Nc1ccc2c(c1N1CCOCC1)NCCC2. The lowest BCUT2D eigenvalue weighted by Crippen LogP contribution is -2.37. The Bertz CT molecular complexity index is 423. The van der Waals surface area contributed by atoms with Crippen LogP contribution < -0.4 is 16.0 Å².